The summed E-state index contributed by atoms with van der Waals surface area (Å²) in [5.74, 6) is 0.300. The summed E-state index contributed by atoms with van der Waals surface area (Å²) in [6.07, 6.45) is 1.66. The molecule has 0 amide bonds. The van der Waals surface area contributed by atoms with Crippen LogP contribution in [0.2, 0.25) is 0 Å². The molecule has 2 N–H and O–H groups in total. The standard InChI is InChI=1S/C9H21NO2S/c1-4-5-9(3)13(11,12)7-8(2)6-10/h8-9H,4-7,10H2,1-3H3. The first-order valence-electron chi connectivity index (χ1n) is 4.85. The van der Waals surface area contributed by atoms with Gasteiger partial charge in [0.2, 0.25) is 0 Å². The van der Waals surface area contributed by atoms with E-state index in [1.165, 1.54) is 0 Å². The van der Waals surface area contributed by atoms with Crippen molar-refractivity contribution in [3.05, 3.63) is 0 Å². The van der Waals surface area contributed by atoms with E-state index in [0.29, 0.717) is 6.54 Å². The summed E-state index contributed by atoms with van der Waals surface area (Å²) in [6, 6.07) is 0. The molecule has 13 heavy (non-hydrogen) atoms. The van der Waals surface area contributed by atoms with Crippen LogP contribution in [0.1, 0.15) is 33.6 Å². The Morgan fingerprint density at radius 3 is 2.23 bits per heavy atom. The van der Waals surface area contributed by atoms with Crippen molar-refractivity contribution in [3.8, 4) is 0 Å². The summed E-state index contributed by atoms with van der Waals surface area (Å²) in [5, 5.41) is -0.216. The fourth-order valence-corrected chi connectivity index (χ4v) is 3.07. The third-order valence-corrected chi connectivity index (χ3v) is 4.72. The van der Waals surface area contributed by atoms with Gasteiger partial charge in [-0.2, -0.15) is 0 Å². The fourth-order valence-electron chi connectivity index (χ4n) is 1.21. The number of rotatable bonds is 6. The highest BCUT2D eigenvalue weighted by atomic mass is 32.2. The van der Waals surface area contributed by atoms with Gasteiger partial charge < -0.3 is 5.73 Å². The minimum Gasteiger partial charge on any atom is -0.330 e. The van der Waals surface area contributed by atoms with Gasteiger partial charge in [-0.05, 0) is 25.8 Å². The summed E-state index contributed by atoms with van der Waals surface area (Å²) in [7, 11) is -2.91. The monoisotopic (exact) mass is 207 g/mol. The summed E-state index contributed by atoms with van der Waals surface area (Å²) < 4.78 is 23.3. The molecule has 3 nitrogen and oxygen atoms in total. The first-order valence-corrected chi connectivity index (χ1v) is 6.57. The molecule has 0 spiro atoms. The van der Waals surface area contributed by atoms with Gasteiger partial charge in [-0.1, -0.05) is 20.3 Å². The summed E-state index contributed by atoms with van der Waals surface area (Å²) in [4.78, 5) is 0. The van der Waals surface area contributed by atoms with Crippen molar-refractivity contribution < 1.29 is 8.42 Å². The second kappa shape index (κ2) is 5.60. The van der Waals surface area contributed by atoms with E-state index in [2.05, 4.69) is 0 Å². The van der Waals surface area contributed by atoms with E-state index in [1.54, 1.807) is 6.92 Å². The molecule has 0 rings (SSSR count). The SMILES string of the molecule is CCCC(C)S(=O)(=O)CC(C)CN. The molecule has 0 aliphatic heterocycles. The number of sulfone groups is 1. The van der Waals surface area contributed by atoms with Crippen molar-refractivity contribution in [1.82, 2.24) is 0 Å². The molecule has 0 saturated heterocycles. The third kappa shape index (κ3) is 4.62. The molecule has 0 aromatic heterocycles. The molecule has 0 aliphatic rings. The average molecular weight is 207 g/mol. The second-order valence-corrected chi connectivity index (χ2v) is 6.23. The van der Waals surface area contributed by atoms with Crippen LogP contribution in [0.5, 0.6) is 0 Å². The van der Waals surface area contributed by atoms with Gasteiger partial charge in [-0.3, -0.25) is 0 Å². The highest BCUT2D eigenvalue weighted by molar-refractivity contribution is 7.92. The number of hydrogen-bond acceptors (Lipinski definition) is 3. The predicted molar refractivity (Wildman–Crippen MR) is 56.4 cm³/mol. The van der Waals surface area contributed by atoms with Crippen LogP contribution in [0.3, 0.4) is 0 Å². The van der Waals surface area contributed by atoms with Crippen molar-refractivity contribution in [2.24, 2.45) is 11.7 Å². The molecular weight excluding hydrogens is 186 g/mol. The Bertz CT molecular complexity index is 224. The van der Waals surface area contributed by atoms with Crippen LogP contribution in [-0.2, 0) is 9.84 Å². The Morgan fingerprint density at radius 1 is 1.31 bits per heavy atom. The van der Waals surface area contributed by atoms with Gasteiger partial charge in [-0.25, -0.2) is 8.42 Å². The second-order valence-electron chi connectivity index (χ2n) is 3.77. The van der Waals surface area contributed by atoms with Gasteiger partial charge in [-0.15, -0.1) is 0 Å². The molecule has 2 unspecified atom stereocenters. The molecular formula is C9H21NO2S. The molecule has 0 saturated carbocycles. The van der Waals surface area contributed by atoms with Crippen LogP contribution in [0.4, 0.5) is 0 Å². The highest BCUT2D eigenvalue weighted by Gasteiger charge is 2.21. The van der Waals surface area contributed by atoms with Gasteiger partial charge in [0.05, 0.1) is 11.0 Å². The lowest BCUT2D eigenvalue weighted by atomic mass is 10.2. The van der Waals surface area contributed by atoms with Crippen molar-refractivity contribution >= 4 is 9.84 Å². The Balaban J connectivity index is 4.23. The van der Waals surface area contributed by atoms with E-state index in [9.17, 15) is 8.42 Å². The van der Waals surface area contributed by atoms with Crippen LogP contribution in [0.15, 0.2) is 0 Å². The van der Waals surface area contributed by atoms with Gasteiger partial charge in [0.25, 0.3) is 0 Å². The Kier molecular flexibility index (Phi) is 5.56. The minimum atomic E-state index is -2.91. The zero-order valence-electron chi connectivity index (χ0n) is 8.79. The molecule has 0 aromatic carbocycles. The lowest BCUT2D eigenvalue weighted by molar-refractivity contribution is 0.556. The lowest BCUT2D eigenvalue weighted by Gasteiger charge is -2.14. The predicted octanol–water partition coefficient (Wildman–Crippen LogP) is 1.18. The quantitative estimate of drug-likeness (QED) is 0.711. The number of hydrogen-bond donors (Lipinski definition) is 1. The van der Waals surface area contributed by atoms with Gasteiger partial charge >= 0.3 is 0 Å². The van der Waals surface area contributed by atoms with E-state index >= 15 is 0 Å². The van der Waals surface area contributed by atoms with E-state index in [-0.39, 0.29) is 16.9 Å². The topological polar surface area (TPSA) is 60.2 Å². The molecule has 0 bridgehead atoms. The van der Waals surface area contributed by atoms with Crippen molar-refractivity contribution in [1.29, 1.82) is 0 Å². The zero-order valence-corrected chi connectivity index (χ0v) is 9.60. The van der Waals surface area contributed by atoms with Gasteiger partial charge in [0.15, 0.2) is 9.84 Å². The highest BCUT2D eigenvalue weighted by Crippen LogP contribution is 2.11. The maximum atomic E-state index is 11.6. The zero-order chi connectivity index (χ0) is 10.5. The van der Waals surface area contributed by atoms with Crippen molar-refractivity contribution in [2.45, 2.75) is 38.9 Å². The van der Waals surface area contributed by atoms with Crippen LogP contribution < -0.4 is 5.73 Å². The van der Waals surface area contributed by atoms with E-state index in [4.69, 9.17) is 5.73 Å². The number of nitrogens with two attached hydrogens (primary N) is 1. The lowest BCUT2D eigenvalue weighted by Crippen LogP contribution is -2.27. The molecule has 0 radical (unpaired) electrons. The summed E-state index contributed by atoms with van der Waals surface area (Å²) >= 11 is 0. The van der Waals surface area contributed by atoms with Crippen molar-refractivity contribution in [3.63, 3.8) is 0 Å². The Morgan fingerprint density at radius 2 is 1.85 bits per heavy atom. The normalized spacial score (nSPS) is 16.9. The molecule has 0 fully saturated rings. The van der Waals surface area contributed by atoms with E-state index in [1.807, 2.05) is 13.8 Å². The fraction of sp³-hybridized carbons (Fsp3) is 1.00. The maximum Gasteiger partial charge on any atom is 0.153 e. The molecule has 0 aliphatic carbocycles. The van der Waals surface area contributed by atoms with Crippen molar-refractivity contribution in [2.75, 3.05) is 12.3 Å². The van der Waals surface area contributed by atoms with Crippen LogP contribution >= 0.6 is 0 Å². The first-order chi connectivity index (χ1) is 5.94. The molecule has 0 heterocycles. The largest absolute Gasteiger partial charge is 0.330 e. The summed E-state index contributed by atoms with van der Waals surface area (Å²) in [5.41, 5.74) is 5.39. The average Bonchev–Trinajstić information content (AvgIpc) is 2.04. The first kappa shape index (κ1) is 12.9. The summed E-state index contributed by atoms with van der Waals surface area (Å²) in [6.45, 7) is 6.09. The Labute approximate surface area is 81.6 Å². The van der Waals surface area contributed by atoms with Gasteiger partial charge in [0.1, 0.15) is 0 Å². The molecule has 2 atom stereocenters. The minimum absolute atomic E-state index is 0.0734. The van der Waals surface area contributed by atoms with Gasteiger partial charge in [0, 0.05) is 0 Å². The maximum absolute atomic E-state index is 11.6. The smallest absolute Gasteiger partial charge is 0.153 e. The van der Waals surface area contributed by atoms with E-state index < -0.39 is 9.84 Å². The molecule has 0 aromatic rings. The van der Waals surface area contributed by atoms with Crippen LogP contribution in [0.25, 0.3) is 0 Å². The Hall–Kier alpha value is -0.0900. The van der Waals surface area contributed by atoms with E-state index in [0.717, 1.165) is 12.8 Å². The third-order valence-electron chi connectivity index (χ3n) is 2.23. The van der Waals surface area contributed by atoms with Crippen LogP contribution in [-0.4, -0.2) is 26.0 Å². The van der Waals surface area contributed by atoms with Crippen LogP contribution in [0, 0.1) is 5.92 Å². The molecule has 80 valence electrons. The molecule has 4 heteroatoms.